The first kappa shape index (κ1) is 28.7. The lowest BCUT2D eigenvalue weighted by Gasteiger charge is -2.21. The SMILES string of the molecule is CC(C)=CCC[C@@H](C)CCC[C@@H](C)CCC/C(C)=C/COP(=O)([O-])OP(=O)(O)O. The van der Waals surface area contributed by atoms with E-state index < -0.39 is 15.6 Å². The van der Waals surface area contributed by atoms with Crippen molar-refractivity contribution in [1.82, 2.24) is 0 Å². The second-order valence-electron chi connectivity index (χ2n) is 8.26. The van der Waals surface area contributed by atoms with Crippen molar-refractivity contribution in [1.29, 1.82) is 0 Å². The molecule has 0 bridgehead atoms. The molecule has 172 valence electrons. The maximum absolute atomic E-state index is 11.2. The topological polar surface area (TPSA) is 116 Å². The highest BCUT2D eigenvalue weighted by atomic mass is 31.3. The monoisotopic (exact) mass is 453 g/mol. The molecule has 3 atom stereocenters. The quantitative estimate of drug-likeness (QED) is 0.221. The van der Waals surface area contributed by atoms with Crippen LogP contribution in [0.3, 0.4) is 0 Å². The Morgan fingerprint density at radius 2 is 1.52 bits per heavy atom. The van der Waals surface area contributed by atoms with Gasteiger partial charge in [-0.3, -0.25) is 4.57 Å². The van der Waals surface area contributed by atoms with Crippen molar-refractivity contribution in [3.8, 4) is 0 Å². The molecule has 0 spiro atoms. The molecule has 0 saturated carbocycles. The molecule has 0 aromatic heterocycles. The Bertz CT molecular complexity index is 606. The van der Waals surface area contributed by atoms with Crippen LogP contribution in [0.25, 0.3) is 0 Å². The second-order valence-corrected chi connectivity index (χ2v) is 11.0. The molecule has 0 aliphatic rings. The molecule has 0 radical (unpaired) electrons. The molecule has 0 rings (SSSR count). The minimum Gasteiger partial charge on any atom is -0.756 e. The summed E-state index contributed by atoms with van der Waals surface area (Å²) in [5.74, 6) is 1.41. The summed E-state index contributed by atoms with van der Waals surface area (Å²) in [5.41, 5.74) is 2.36. The predicted molar refractivity (Wildman–Crippen MR) is 115 cm³/mol. The van der Waals surface area contributed by atoms with Crippen LogP contribution in [0.1, 0.15) is 86.0 Å². The highest BCUT2D eigenvalue weighted by Gasteiger charge is 2.23. The van der Waals surface area contributed by atoms with E-state index in [0.717, 1.165) is 30.8 Å². The minimum atomic E-state index is -5.13. The Labute approximate surface area is 176 Å². The van der Waals surface area contributed by atoms with Crippen molar-refractivity contribution in [2.45, 2.75) is 86.0 Å². The van der Waals surface area contributed by atoms with E-state index in [1.807, 2.05) is 6.92 Å². The Morgan fingerprint density at radius 3 is 2.07 bits per heavy atom. The molecule has 0 aliphatic heterocycles. The van der Waals surface area contributed by atoms with Crippen molar-refractivity contribution in [2.24, 2.45) is 11.8 Å². The van der Waals surface area contributed by atoms with E-state index in [1.165, 1.54) is 37.7 Å². The predicted octanol–water partition coefficient (Wildman–Crippen LogP) is 5.89. The Morgan fingerprint density at radius 1 is 0.966 bits per heavy atom. The maximum Gasteiger partial charge on any atom is 0.476 e. The van der Waals surface area contributed by atoms with Crippen LogP contribution < -0.4 is 4.89 Å². The molecular weight excluding hydrogens is 414 g/mol. The molecule has 0 fully saturated rings. The highest BCUT2D eigenvalue weighted by molar-refractivity contribution is 7.60. The Balaban J connectivity index is 3.93. The zero-order valence-corrected chi connectivity index (χ0v) is 20.3. The lowest BCUT2D eigenvalue weighted by Crippen LogP contribution is -2.07. The highest BCUT2D eigenvalue weighted by Crippen LogP contribution is 2.54. The van der Waals surface area contributed by atoms with Crippen LogP contribution in [0.4, 0.5) is 0 Å². The molecule has 0 amide bonds. The molecule has 0 aromatic rings. The number of hydrogen-bond acceptors (Lipinski definition) is 5. The molecule has 0 aliphatic carbocycles. The van der Waals surface area contributed by atoms with Gasteiger partial charge in [-0.05, 0) is 58.3 Å². The van der Waals surface area contributed by atoms with Crippen LogP contribution >= 0.6 is 15.6 Å². The second kappa shape index (κ2) is 14.7. The van der Waals surface area contributed by atoms with Gasteiger partial charge in [-0.1, -0.05) is 62.8 Å². The molecule has 7 nitrogen and oxygen atoms in total. The largest absolute Gasteiger partial charge is 0.756 e. The third-order valence-electron chi connectivity index (χ3n) is 4.74. The average Bonchev–Trinajstić information content (AvgIpc) is 2.51. The third-order valence-corrected chi connectivity index (χ3v) is 6.86. The minimum absolute atomic E-state index is 0.299. The molecule has 0 saturated heterocycles. The van der Waals surface area contributed by atoms with Crippen molar-refractivity contribution in [2.75, 3.05) is 6.61 Å². The smallest absolute Gasteiger partial charge is 0.476 e. The van der Waals surface area contributed by atoms with Crippen molar-refractivity contribution in [3.63, 3.8) is 0 Å². The van der Waals surface area contributed by atoms with Gasteiger partial charge >= 0.3 is 7.82 Å². The number of phosphoric ester groups is 1. The number of rotatable bonds is 16. The van der Waals surface area contributed by atoms with E-state index in [2.05, 4.69) is 42.6 Å². The van der Waals surface area contributed by atoms with Crippen LogP contribution in [-0.2, 0) is 18.0 Å². The average molecular weight is 453 g/mol. The normalized spacial score (nSPS) is 16.9. The Hall–Kier alpha value is -0.260. The van der Waals surface area contributed by atoms with E-state index >= 15 is 0 Å². The molecule has 1 unspecified atom stereocenters. The third kappa shape index (κ3) is 19.4. The summed E-state index contributed by atoms with van der Waals surface area (Å²) in [4.78, 5) is 28.2. The summed E-state index contributed by atoms with van der Waals surface area (Å²) in [6, 6.07) is 0. The Kier molecular flexibility index (Phi) is 14.6. The standard InChI is InChI=1S/C20H40O7P2/c1-17(2)9-6-10-18(3)11-7-12-19(4)13-8-14-20(5)15-16-26-29(24,25)27-28(21,22)23/h9,15,18-19H,6-8,10-14,16H2,1-5H3,(H,24,25)(H2,21,22,23)/p-1/b20-15+/t18-,19-/m1/s1. The van der Waals surface area contributed by atoms with Gasteiger partial charge in [0.15, 0.2) is 0 Å². The van der Waals surface area contributed by atoms with Gasteiger partial charge in [-0.15, -0.1) is 0 Å². The molecular formula is C20H39O7P2-. The van der Waals surface area contributed by atoms with Crippen LogP contribution in [0.15, 0.2) is 23.3 Å². The van der Waals surface area contributed by atoms with E-state index in [1.54, 1.807) is 6.08 Å². The first-order valence-electron chi connectivity index (χ1n) is 10.3. The van der Waals surface area contributed by atoms with Gasteiger partial charge in [0.1, 0.15) is 0 Å². The molecule has 29 heavy (non-hydrogen) atoms. The van der Waals surface area contributed by atoms with Gasteiger partial charge in [-0.2, -0.15) is 0 Å². The first-order chi connectivity index (χ1) is 13.3. The van der Waals surface area contributed by atoms with Gasteiger partial charge in [-0.25, -0.2) is 8.88 Å². The molecule has 0 aromatic carbocycles. The summed E-state index contributed by atoms with van der Waals surface area (Å²) in [7, 11) is -10.1. The van der Waals surface area contributed by atoms with Gasteiger partial charge in [0.25, 0.3) is 7.82 Å². The zero-order chi connectivity index (χ0) is 22.5. The molecule has 0 heterocycles. The van der Waals surface area contributed by atoms with Crippen molar-refractivity contribution >= 4 is 15.6 Å². The van der Waals surface area contributed by atoms with Gasteiger partial charge in [0.2, 0.25) is 0 Å². The number of phosphoric acid groups is 2. The fourth-order valence-corrected chi connectivity index (χ4v) is 4.50. The van der Waals surface area contributed by atoms with E-state index in [9.17, 15) is 14.0 Å². The van der Waals surface area contributed by atoms with Crippen LogP contribution in [0, 0.1) is 11.8 Å². The lowest BCUT2D eigenvalue weighted by molar-refractivity contribution is -0.216. The molecule has 2 N–H and O–H groups in total. The van der Waals surface area contributed by atoms with Crippen molar-refractivity contribution < 1.29 is 32.6 Å². The fraction of sp³-hybridized carbons (Fsp3) is 0.800. The summed E-state index contributed by atoms with van der Waals surface area (Å²) in [5, 5.41) is 0. The van der Waals surface area contributed by atoms with E-state index in [-0.39, 0.29) is 6.61 Å². The summed E-state index contributed by atoms with van der Waals surface area (Å²) < 4.78 is 29.8. The zero-order valence-electron chi connectivity index (χ0n) is 18.5. The lowest BCUT2D eigenvalue weighted by atomic mass is 9.92. The number of allylic oxidation sites excluding steroid dienone is 3. The number of hydrogen-bond donors (Lipinski definition) is 2. The summed E-state index contributed by atoms with van der Waals surface area (Å²) in [6.07, 6.45) is 13.0. The van der Waals surface area contributed by atoms with Crippen LogP contribution in [0.5, 0.6) is 0 Å². The van der Waals surface area contributed by atoms with Gasteiger partial charge in [0, 0.05) is 0 Å². The summed E-state index contributed by atoms with van der Waals surface area (Å²) >= 11 is 0. The molecule has 9 heteroatoms. The first-order valence-corrected chi connectivity index (χ1v) is 13.3. The van der Waals surface area contributed by atoms with Gasteiger partial charge < -0.3 is 19.2 Å². The summed E-state index contributed by atoms with van der Waals surface area (Å²) in [6.45, 7) is 10.4. The van der Waals surface area contributed by atoms with Crippen molar-refractivity contribution in [3.05, 3.63) is 23.3 Å². The van der Waals surface area contributed by atoms with E-state index in [0.29, 0.717) is 5.92 Å². The van der Waals surface area contributed by atoms with Crippen LogP contribution in [0.2, 0.25) is 0 Å². The van der Waals surface area contributed by atoms with E-state index in [4.69, 9.17) is 9.79 Å². The van der Waals surface area contributed by atoms with Gasteiger partial charge in [0.05, 0.1) is 6.61 Å². The van der Waals surface area contributed by atoms with Crippen LogP contribution in [-0.4, -0.2) is 16.4 Å². The maximum atomic E-state index is 11.2. The fourth-order valence-electron chi connectivity index (χ4n) is 3.02.